The second-order valence-electron chi connectivity index (χ2n) is 2.28. The number of nitrogens with zero attached hydrogens (tertiary/aromatic N) is 1. The normalized spacial score (nSPS) is 22.3. The lowest BCUT2D eigenvalue weighted by molar-refractivity contribution is -0.159. The van der Waals surface area contributed by atoms with Crippen LogP contribution in [0, 0.1) is 12.3 Å². The van der Waals surface area contributed by atoms with E-state index in [1.165, 1.54) is 0 Å². The minimum atomic E-state index is -0.567. The summed E-state index contributed by atoms with van der Waals surface area (Å²) in [5.74, 6) is 1.73. The molecule has 1 unspecified atom stereocenters. The molecule has 3 amide bonds. The van der Waals surface area contributed by atoms with Crippen LogP contribution in [0.2, 0.25) is 0 Å². The number of carbonyl (C=O) groups excluding carboxylic acids is 2. The van der Waals surface area contributed by atoms with Crippen LogP contribution in [0.15, 0.2) is 0 Å². The summed E-state index contributed by atoms with van der Waals surface area (Å²) in [4.78, 5) is 26.7. The maximum atomic E-state index is 11.1. The highest BCUT2D eigenvalue weighted by Crippen LogP contribution is 2.05. The Morgan fingerprint density at radius 3 is 2.83 bits per heavy atom. The van der Waals surface area contributed by atoms with E-state index in [1.807, 2.05) is 0 Å². The van der Waals surface area contributed by atoms with Gasteiger partial charge < -0.3 is 5.32 Å². The molecule has 5 heteroatoms. The van der Waals surface area contributed by atoms with E-state index in [4.69, 9.17) is 6.42 Å². The van der Waals surface area contributed by atoms with Crippen LogP contribution in [0.25, 0.3) is 0 Å². The van der Waals surface area contributed by atoms with Crippen molar-refractivity contribution in [3.05, 3.63) is 0 Å². The fourth-order valence-electron chi connectivity index (χ4n) is 0.806. The quantitative estimate of drug-likeness (QED) is 0.446. The predicted octanol–water partition coefficient (Wildman–Crippen LogP) is -0.509. The second kappa shape index (κ2) is 3.24. The van der Waals surface area contributed by atoms with Gasteiger partial charge in [-0.3, -0.25) is 4.79 Å². The highest BCUT2D eigenvalue weighted by atomic mass is 16.7. The second-order valence-corrected chi connectivity index (χ2v) is 2.28. The lowest BCUT2D eigenvalue weighted by Crippen LogP contribution is -2.31. The number of amides is 3. The molecular weight excluding hydrogens is 160 g/mol. The molecule has 1 saturated heterocycles. The van der Waals surface area contributed by atoms with Crippen molar-refractivity contribution in [2.75, 3.05) is 6.61 Å². The van der Waals surface area contributed by atoms with Crippen molar-refractivity contribution in [2.24, 2.45) is 0 Å². The first-order valence-electron chi connectivity index (χ1n) is 3.37. The maximum absolute atomic E-state index is 11.1. The fourth-order valence-corrected chi connectivity index (χ4v) is 0.806. The highest BCUT2D eigenvalue weighted by Gasteiger charge is 2.36. The van der Waals surface area contributed by atoms with Crippen LogP contribution in [0.5, 0.6) is 0 Å². The summed E-state index contributed by atoms with van der Waals surface area (Å²) in [5, 5.41) is 3.01. The summed E-state index contributed by atoms with van der Waals surface area (Å²) in [6.45, 7) is 1.48. The van der Waals surface area contributed by atoms with Crippen molar-refractivity contribution in [3.63, 3.8) is 0 Å². The van der Waals surface area contributed by atoms with Gasteiger partial charge in [0.15, 0.2) is 0 Å². The van der Waals surface area contributed by atoms with Gasteiger partial charge in [0.05, 0.1) is 0 Å². The summed E-state index contributed by atoms with van der Waals surface area (Å²) in [6.07, 6.45) is 4.89. The van der Waals surface area contributed by atoms with Crippen molar-refractivity contribution < 1.29 is 14.4 Å². The van der Waals surface area contributed by atoms with Crippen LogP contribution in [-0.2, 0) is 9.63 Å². The molecule has 1 aliphatic heterocycles. The van der Waals surface area contributed by atoms with E-state index in [-0.39, 0.29) is 6.61 Å². The summed E-state index contributed by atoms with van der Waals surface area (Å²) in [7, 11) is 0. The van der Waals surface area contributed by atoms with Gasteiger partial charge in [-0.25, -0.2) is 9.63 Å². The Labute approximate surface area is 69.6 Å². The number of hydrogen-bond acceptors (Lipinski definition) is 3. The van der Waals surface area contributed by atoms with E-state index >= 15 is 0 Å². The molecule has 1 aliphatic rings. The van der Waals surface area contributed by atoms with Gasteiger partial charge in [-0.15, -0.1) is 11.5 Å². The summed E-state index contributed by atoms with van der Waals surface area (Å²) < 4.78 is 0. The zero-order valence-electron chi connectivity index (χ0n) is 6.53. The third-order valence-electron chi connectivity index (χ3n) is 1.37. The van der Waals surface area contributed by atoms with Crippen molar-refractivity contribution in [1.29, 1.82) is 0 Å². The Balaban J connectivity index is 2.59. The number of urea groups is 1. The van der Waals surface area contributed by atoms with E-state index in [1.54, 1.807) is 6.92 Å². The SMILES string of the molecule is C#CCON1C(=O)NC(C)C1=O. The number of rotatable bonds is 2. The molecule has 0 bridgehead atoms. The molecule has 1 atom stereocenters. The average molecular weight is 168 g/mol. The van der Waals surface area contributed by atoms with Crippen LogP contribution >= 0.6 is 0 Å². The van der Waals surface area contributed by atoms with Crippen LogP contribution in [-0.4, -0.2) is 29.7 Å². The summed E-state index contributed by atoms with van der Waals surface area (Å²) in [6, 6.07) is -1.10. The van der Waals surface area contributed by atoms with Gasteiger partial charge in [-0.2, -0.15) is 0 Å². The number of nitrogens with one attached hydrogen (secondary N) is 1. The first-order chi connectivity index (χ1) is 5.66. The van der Waals surface area contributed by atoms with Gasteiger partial charge in [0, 0.05) is 0 Å². The molecule has 12 heavy (non-hydrogen) atoms. The van der Waals surface area contributed by atoms with Crippen molar-refractivity contribution in [1.82, 2.24) is 10.4 Å². The molecule has 0 aromatic rings. The van der Waals surface area contributed by atoms with Crippen LogP contribution in [0.4, 0.5) is 4.79 Å². The fraction of sp³-hybridized carbons (Fsp3) is 0.429. The number of imide groups is 1. The van der Waals surface area contributed by atoms with Gasteiger partial charge in [0.25, 0.3) is 5.91 Å². The molecule has 1 rings (SSSR count). The standard InChI is InChI=1S/C7H8N2O3/c1-3-4-12-9-6(10)5(2)8-7(9)11/h1,5H,4H2,2H3,(H,8,11). The minimum absolute atomic E-state index is 0.0914. The molecule has 0 saturated carbocycles. The summed E-state index contributed by atoms with van der Waals surface area (Å²) >= 11 is 0. The molecule has 64 valence electrons. The van der Waals surface area contributed by atoms with Gasteiger partial charge >= 0.3 is 6.03 Å². The van der Waals surface area contributed by atoms with Gasteiger partial charge in [0.2, 0.25) is 0 Å². The Morgan fingerprint density at radius 1 is 1.75 bits per heavy atom. The third kappa shape index (κ3) is 1.38. The first-order valence-corrected chi connectivity index (χ1v) is 3.37. The zero-order chi connectivity index (χ0) is 9.14. The molecule has 1 fully saturated rings. The largest absolute Gasteiger partial charge is 0.349 e. The number of hydroxylamine groups is 2. The number of hydrogen-bond donors (Lipinski definition) is 1. The number of carbonyl (C=O) groups is 2. The van der Waals surface area contributed by atoms with Crippen LogP contribution in [0.3, 0.4) is 0 Å². The third-order valence-corrected chi connectivity index (χ3v) is 1.37. The smallest absolute Gasteiger partial charge is 0.324 e. The average Bonchev–Trinajstić information content (AvgIpc) is 2.25. The van der Waals surface area contributed by atoms with Crippen LogP contribution < -0.4 is 5.32 Å². The maximum Gasteiger partial charge on any atom is 0.349 e. The van der Waals surface area contributed by atoms with E-state index in [0.29, 0.717) is 5.06 Å². The lowest BCUT2D eigenvalue weighted by atomic mass is 10.4. The van der Waals surface area contributed by atoms with E-state index in [0.717, 1.165) is 0 Å². The monoisotopic (exact) mass is 168 g/mol. The van der Waals surface area contributed by atoms with E-state index < -0.39 is 18.0 Å². The molecule has 0 radical (unpaired) electrons. The molecule has 0 spiro atoms. The Kier molecular flexibility index (Phi) is 2.31. The highest BCUT2D eigenvalue weighted by molar-refractivity contribution is 6.02. The zero-order valence-corrected chi connectivity index (χ0v) is 6.53. The van der Waals surface area contributed by atoms with Crippen molar-refractivity contribution in [3.8, 4) is 12.3 Å². The minimum Gasteiger partial charge on any atom is -0.324 e. The lowest BCUT2D eigenvalue weighted by Gasteiger charge is -2.08. The van der Waals surface area contributed by atoms with Crippen molar-refractivity contribution in [2.45, 2.75) is 13.0 Å². The molecule has 0 aromatic heterocycles. The van der Waals surface area contributed by atoms with Gasteiger partial charge in [-0.1, -0.05) is 5.92 Å². The first kappa shape index (κ1) is 8.56. The predicted molar refractivity (Wildman–Crippen MR) is 39.6 cm³/mol. The topological polar surface area (TPSA) is 58.6 Å². The molecule has 1 heterocycles. The molecule has 1 N–H and O–H groups in total. The molecular formula is C7H8N2O3. The van der Waals surface area contributed by atoms with Gasteiger partial charge in [-0.05, 0) is 6.92 Å². The van der Waals surface area contributed by atoms with Crippen molar-refractivity contribution >= 4 is 11.9 Å². The van der Waals surface area contributed by atoms with E-state index in [2.05, 4.69) is 16.1 Å². The molecule has 0 aromatic carbocycles. The van der Waals surface area contributed by atoms with E-state index in [9.17, 15) is 9.59 Å². The molecule has 0 aliphatic carbocycles. The number of terminal acetylenes is 1. The van der Waals surface area contributed by atoms with Crippen LogP contribution in [0.1, 0.15) is 6.92 Å². The summed E-state index contributed by atoms with van der Waals surface area (Å²) in [5.41, 5.74) is 0. The Hall–Kier alpha value is -1.54. The molecule has 5 nitrogen and oxygen atoms in total. The van der Waals surface area contributed by atoms with Gasteiger partial charge in [0.1, 0.15) is 12.6 Å². The Bertz CT molecular complexity index is 256. The Morgan fingerprint density at radius 2 is 2.42 bits per heavy atom.